The molecule has 0 amide bonds. The van der Waals surface area contributed by atoms with Crippen LogP contribution in [0.5, 0.6) is 0 Å². The molecule has 0 saturated carbocycles. The molecule has 0 saturated heterocycles. The average Bonchev–Trinajstić information content (AvgIpc) is 2.32. The van der Waals surface area contributed by atoms with E-state index in [1.807, 2.05) is 0 Å². The maximum absolute atomic E-state index is 10.8. The van der Waals surface area contributed by atoms with Crippen molar-refractivity contribution in [3.8, 4) is 0 Å². The molecule has 0 aliphatic carbocycles. The number of nitrogens with zero attached hydrogens (tertiary/aromatic N) is 2. The molecule has 5 nitrogen and oxygen atoms in total. The highest BCUT2D eigenvalue weighted by Gasteiger charge is 2.26. The first-order valence-electron chi connectivity index (χ1n) is 3.05. The van der Waals surface area contributed by atoms with E-state index < -0.39 is 10.3 Å². The first-order chi connectivity index (χ1) is 6.41. The third-order valence-electron chi connectivity index (χ3n) is 0.947. The lowest BCUT2D eigenvalue weighted by Crippen LogP contribution is -2.34. The van der Waals surface area contributed by atoms with Crippen molar-refractivity contribution in [1.82, 2.24) is 9.94 Å². The number of hydrogen-bond donors (Lipinski definition) is 0. The van der Waals surface area contributed by atoms with Gasteiger partial charge in [-0.15, -0.1) is 0 Å². The number of hydrogen-bond acceptors (Lipinski definition) is 4. The van der Waals surface area contributed by atoms with Crippen LogP contribution in [0.15, 0.2) is 26.2 Å². The topological polar surface area (TPSA) is 57.3 Å². The molecule has 0 aliphatic heterocycles. The molecule has 1 rings (SSSR count). The van der Waals surface area contributed by atoms with Crippen LogP contribution < -0.4 is 10.6 Å². The van der Waals surface area contributed by atoms with Gasteiger partial charge in [0.25, 0.3) is 0 Å². The van der Waals surface area contributed by atoms with Gasteiger partial charge in [-0.05, 0) is 4.85 Å². The molecule has 1 heterocycles. The zero-order chi connectivity index (χ0) is 10.8. The molecular weight excluding hydrogens is 278 g/mol. The third-order valence-corrected chi connectivity index (χ3v) is 1.52. The Balaban J connectivity index is 2.84. The fraction of sp³-hybridized carbons (Fsp3) is 0.200. The van der Waals surface area contributed by atoms with Gasteiger partial charge in [-0.2, -0.15) is 0 Å². The summed E-state index contributed by atoms with van der Waals surface area (Å²) >= 11 is 21.7. The van der Waals surface area contributed by atoms with Crippen LogP contribution in [0.1, 0.15) is 0 Å². The summed E-state index contributed by atoms with van der Waals surface area (Å²) in [6.07, 6.45) is 1.82. The lowest BCUT2D eigenvalue weighted by Gasteiger charge is -2.13. The van der Waals surface area contributed by atoms with E-state index in [1.165, 1.54) is 0 Å². The molecule has 0 bridgehead atoms. The van der Waals surface area contributed by atoms with Crippen molar-refractivity contribution in [2.75, 3.05) is 0 Å². The van der Waals surface area contributed by atoms with Crippen LogP contribution in [0.25, 0.3) is 0 Å². The van der Waals surface area contributed by atoms with Crippen LogP contribution in [0, 0.1) is 0 Å². The Morgan fingerprint density at radius 1 is 1.64 bits per heavy atom. The second-order valence-corrected chi connectivity index (χ2v) is 4.29. The fourth-order valence-corrected chi connectivity index (χ4v) is 1.41. The van der Waals surface area contributed by atoms with E-state index in [0.717, 1.165) is 12.5 Å². The Hall–Kier alpha value is -0.360. The van der Waals surface area contributed by atoms with Crippen molar-refractivity contribution in [3.63, 3.8) is 0 Å². The lowest BCUT2D eigenvalue weighted by atomic mass is 10.7. The van der Waals surface area contributed by atoms with Gasteiger partial charge in [0.1, 0.15) is 4.49 Å². The molecule has 0 fully saturated rings. The van der Waals surface area contributed by atoms with Gasteiger partial charge < -0.3 is 9.25 Å². The molecule has 9 heteroatoms. The molecular formula is C5H2Cl4N2O3. The molecule has 0 radical (unpaired) electrons. The summed E-state index contributed by atoms with van der Waals surface area (Å²) in [5.74, 6) is -0.880. The monoisotopic (exact) mass is 278 g/mol. The highest BCUT2D eigenvalue weighted by Crippen LogP contribution is 2.25. The van der Waals surface area contributed by atoms with E-state index >= 15 is 0 Å². The molecule has 14 heavy (non-hydrogen) atoms. The van der Waals surface area contributed by atoms with E-state index in [1.54, 1.807) is 0 Å². The molecule has 0 spiro atoms. The Kier molecular flexibility index (Phi) is 3.71. The zero-order valence-electron chi connectivity index (χ0n) is 6.29. The molecule has 0 aromatic carbocycles. The first-order valence-corrected chi connectivity index (χ1v) is 4.56. The molecule has 1 aromatic rings. The van der Waals surface area contributed by atoms with E-state index in [2.05, 4.69) is 14.4 Å². The average molecular weight is 280 g/mol. The zero-order valence-corrected chi connectivity index (χ0v) is 9.31. The fourth-order valence-electron chi connectivity index (χ4n) is 0.533. The summed E-state index contributed by atoms with van der Waals surface area (Å²) in [7, 11) is 0. The Bertz CT molecular complexity index is 392. The van der Waals surface area contributed by atoms with Crippen molar-refractivity contribution >= 4 is 46.4 Å². The van der Waals surface area contributed by atoms with Gasteiger partial charge in [-0.1, -0.05) is 51.5 Å². The quantitative estimate of drug-likeness (QED) is 0.791. The van der Waals surface area contributed by atoms with Gasteiger partial charge in [-0.3, -0.25) is 0 Å². The van der Waals surface area contributed by atoms with Crippen LogP contribution in [-0.2, 0) is 0 Å². The van der Waals surface area contributed by atoms with E-state index in [9.17, 15) is 4.79 Å². The predicted octanol–water partition coefficient (Wildman–Crippen LogP) is 1.72. The van der Waals surface area contributed by atoms with E-state index in [0.29, 0.717) is 4.85 Å². The summed E-state index contributed by atoms with van der Waals surface area (Å²) in [5, 5.41) is 3.34. The second kappa shape index (κ2) is 4.44. The van der Waals surface area contributed by atoms with E-state index in [4.69, 9.17) is 46.4 Å². The number of alkyl halides is 2. The Morgan fingerprint density at radius 2 is 2.29 bits per heavy atom. The Labute approximate surface area is 97.7 Å². The van der Waals surface area contributed by atoms with E-state index in [-0.39, 0.29) is 4.49 Å². The molecule has 1 aromatic heterocycles. The smallest absolute Gasteiger partial charge is 0.393 e. The van der Waals surface area contributed by atoms with Crippen LogP contribution in [0.2, 0.25) is 0 Å². The van der Waals surface area contributed by atoms with Gasteiger partial charge in [0.05, 0.1) is 0 Å². The minimum atomic E-state index is -1.90. The summed E-state index contributed by atoms with van der Waals surface area (Å²) in [6.45, 7) is 0. The van der Waals surface area contributed by atoms with Crippen molar-refractivity contribution in [3.05, 3.63) is 27.5 Å². The van der Waals surface area contributed by atoms with Crippen LogP contribution in [0.4, 0.5) is 0 Å². The standard InChI is InChI=1S/C5H2Cl4N2O3/c6-3(7)1-5(8,9)14-11-4(12)13-2-10-11/h1-2H. The molecule has 0 N–H and O–H groups in total. The van der Waals surface area contributed by atoms with Crippen molar-refractivity contribution < 1.29 is 9.25 Å². The van der Waals surface area contributed by atoms with Crippen molar-refractivity contribution in [2.45, 2.75) is 4.52 Å². The number of rotatable bonds is 3. The Morgan fingerprint density at radius 3 is 2.71 bits per heavy atom. The second-order valence-electron chi connectivity index (χ2n) is 1.96. The summed E-state index contributed by atoms with van der Waals surface area (Å²) in [5.41, 5.74) is 0. The minimum Gasteiger partial charge on any atom is -0.393 e. The van der Waals surface area contributed by atoms with Gasteiger partial charge in [0, 0.05) is 6.08 Å². The van der Waals surface area contributed by atoms with Gasteiger partial charge in [0.2, 0.25) is 6.39 Å². The first kappa shape index (κ1) is 11.7. The van der Waals surface area contributed by atoms with Gasteiger partial charge in [0.15, 0.2) is 0 Å². The molecule has 0 aliphatic rings. The van der Waals surface area contributed by atoms with Crippen LogP contribution in [0.3, 0.4) is 0 Å². The highest BCUT2D eigenvalue weighted by atomic mass is 35.5. The summed E-state index contributed by atoms with van der Waals surface area (Å²) in [6, 6.07) is 0. The molecule has 0 unspecified atom stereocenters. The van der Waals surface area contributed by atoms with Crippen molar-refractivity contribution in [1.29, 1.82) is 0 Å². The third kappa shape index (κ3) is 3.42. The van der Waals surface area contributed by atoms with Crippen LogP contribution >= 0.6 is 46.4 Å². The predicted molar refractivity (Wildman–Crippen MR) is 51.6 cm³/mol. The highest BCUT2D eigenvalue weighted by molar-refractivity contribution is 6.57. The summed E-state index contributed by atoms with van der Waals surface area (Å²) in [4.78, 5) is 15.9. The molecule has 0 atom stereocenters. The van der Waals surface area contributed by atoms with Crippen LogP contribution in [-0.4, -0.2) is 14.5 Å². The lowest BCUT2D eigenvalue weighted by molar-refractivity contribution is 0.0474. The van der Waals surface area contributed by atoms with Gasteiger partial charge >= 0.3 is 10.3 Å². The van der Waals surface area contributed by atoms with Gasteiger partial charge in [-0.25, -0.2) is 4.79 Å². The maximum Gasteiger partial charge on any atom is 0.471 e. The number of halogens is 4. The van der Waals surface area contributed by atoms with Crippen molar-refractivity contribution in [2.24, 2.45) is 0 Å². The minimum absolute atomic E-state index is 0.216. The largest absolute Gasteiger partial charge is 0.471 e. The number of aromatic nitrogens is 2. The molecule has 78 valence electrons. The summed E-state index contributed by atoms with van der Waals surface area (Å²) < 4.78 is 2.16. The maximum atomic E-state index is 10.8. The normalized spacial score (nSPS) is 11.1. The SMILES string of the molecule is O=c1ocnn1OC(Cl)(Cl)C=C(Cl)Cl.